The van der Waals surface area contributed by atoms with E-state index in [0.717, 1.165) is 83.5 Å². The Kier molecular flexibility index (Phi) is 13.2. The molecule has 0 saturated heterocycles. The second-order valence-corrected chi connectivity index (χ2v) is 17.2. The van der Waals surface area contributed by atoms with Crippen LogP contribution in [0.1, 0.15) is 109 Å². The lowest BCUT2D eigenvalue weighted by atomic mass is 9.91. The van der Waals surface area contributed by atoms with Crippen LogP contribution in [0.4, 0.5) is 46.3 Å². The molecular weight excluding hydrogens is 769 g/mol. The number of hydrogen-bond acceptors (Lipinski definition) is 14. The van der Waals surface area contributed by atoms with Crippen LogP contribution in [0.25, 0.3) is 22.3 Å². The van der Waals surface area contributed by atoms with E-state index in [4.69, 9.17) is 37.1 Å². The first-order chi connectivity index (χ1) is 29.2. The van der Waals surface area contributed by atoms with Gasteiger partial charge < -0.3 is 52.9 Å². The summed E-state index contributed by atoms with van der Waals surface area (Å²) in [5, 5.41) is 16.6. The molecule has 0 unspecified atom stereocenters. The average molecular weight is 831 g/mol. The van der Waals surface area contributed by atoms with Crippen LogP contribution in [-0.2, 0) is 4.79 Å². The van der Waals surface area contributed by atoms with Crippen molar-refractivity contribution in [1.29, 1.82) is 0 Å². The highest BCUT2D eigenvalue weighted by Crippen LogP contribution is 2.31. The predicted molar refractivity (Wildman–Crippen MR) is 247 cm³/mol. The molecule has 0 aliphatic heterocycles. The molecule has 0 spiro atoms. The molecule has 2 aliphatic carbocycles. The fraction of sp³-hybridized carbons (Fsp3) is 0.477. The number of imidazole rings is 2. The van der Waals surface area contributed by atoms with Crippen molar-refractivity contribution in [2.45, 2.75) is 136 Å². The maximum Gasteiger partial charge on any atom is 0.227 e. The highest BCUT2D eigenvalue weighted by atomic mass is 16.1. The summed E-state index contributed by atoms with van der Waals surface area (Å²) in [6.45, 7) is 13.9. The normalized spacial score (nSPS) is 19.1. The summed E-state index contributed by atoms with van der Waals surface area (Å²) in [7, 11) is 0. The number of amides is 1. The molecule has 0 bridgehead atoms. The molecule has 2 fully saturated rings. The summed E-state index contributed by atoms with van der Waals surface area (Å²) in [6, 6.07) is 12.7. The zero-order valence-corrected chi connectivity index (χ0v) is 36.5. The van der Waals surface area contributed by atoms with E-state index in [-0.39, 0.29) is 42.2 Å². The lowest BCUT2D eigenvalue weighted by Gasteiger charge is -2.29. The Hall–Kier alpha value is -6.07. The topological polar surface area (TPSA) is 242 Å². The van der Waals surface area contributed by atoms with Crippen LogP contribution in [0.2, 0.25) is 0 Å². The lowest BCUT2D eigenvalue weighted by molar-refractivity contribution is -0.114. The smallest absolute Gasteiger partial charge is 0.227 e. The summed E-state index contributed by atoms with van der Waals surface area (Å²) in [4.78, 5) is 39.8. The van der Waals surface area contributed by atoms with Crippen molar-refractivity contribution in [3.05, 3.63) is 60.2 Å². The maximum absolute atomic E-state index is 11.5. The molecule has 6 aromatic rings. The van der Waals surface area contributed by atoms with E-state index in [0.29, 0.717) is 34.7 Å². The van der Waals surface area contributed by atoms with Gasteiger partial charge in [-0.1, -0.05) is 25.7 Å². The molecule has 11 N–H and O–H groups in total. The molecule has 1 amide bonds. The molecule has 2 saturated carbocycles. The number of carbonyl (C=O) groups excluding carboxylic acids is 1. The van der Waals surface area contributed by atoms with Crippen LogP contribution >= 0.6 is 0 Å². The van der Waals surface area contributed by atoms with Gasteiger partial charge in [0, 0.05) is 65.9 Å². The van der Waals surface area contributed by atoms with Crippen molar-refractivity contribution in [3.63, 3.8) is 0 Å². The van der Waals surface area contributed by atoms with Crippen LogP contribution in [0.5, 0.6) is 0 Å². The quantitative estimate of drug-likeness (QED) is 0.0581. The Labute approximate surface area is 357 Å². The number of fused-ring (bicyclic) bond motifs is 2. The summed E-state index contributed by atoms with van der Waals surface area (Å²) >= 11 is 0. The van der Waals surface area contributed by atoms with E-state index in [2.05, 4.69) is 68.8 Å². The van der Waals surface area contributed by atoms with Crippen molar-refractivity contribution in [2.75, 3.05) is 32.3 Å². The van der Waals surface area contributed by atoms with E-state index in [1.54, 1.807) is 6.33 Å². The van der Waals surface area contributed by atoms with Crippen molar-refractivity contribution < 1.29 is 4.79 Å². The third kappa shape index (κ3) is 10.5. The number of nitrogens with two attached hydrogens (primary N) is 3. The van der Waals surface area contributed by atoms with Gasteiger partial charge in [-0.25, -0.2) is 9.97 Å². The molecule has 61 heavy (non-hydrogen) atoms. The van der Waals surface area contributed by atoms with E-state index < -0.39 is 0 Å². The van der Waals surface area contributed by atoms with Crippen LogP contribution in [0.3, 0.4) is 0 Å². The minimum atomic E-state index is -0.114. The standard InChI is InChI=1S/C23H32N8O.C21H30N8/c1-13(2)31-12-25-20-21(27-17-10-14(3)9-16(11-17)26-15(4)32)29-23(30-22(20)31)28-19-8-6-5-7-18(19)24;1-12(2)29-11-24-18-19(25-15-9-13(3)8-14(22)10-15)27-21(28-20(18)29)26-17-7-5-4-6-16(17)23/h9-13,18-19H,5-8,24H2,1-4H3,(H,26,32)(H2,27,28,29,30);8-12,16-17H,4-7,22-23H2,1-3H3,(H2,25,26,27,28)/t18-,19+;16-,17+/m11/s1. The highest BCUT2D eigenvalue weighted by Gasteiger charge is 2.25. The van der Waals surface area contributed by atoms with Crippen LogP contribution in [0, 0.1) is 13.8 Å². The molecule has 8 rings (SSSR count). The molecule has 4 atom stereocenters. The van der Waals surface area contributed by atoms with Crippen molar-refractivity contribution >= 4 is 74.5 Å². The number of benzene rings is 2. The number of carbonyl (C=O) groups is 1. The Morgan fingerprint density at radius 3 is 1.52 bits per heavy atom. The largest absolute Gasteiger partial charge is 0.399 e. The second kappa shape index (κ2) is 18.7. The number of aromatic nitrogens is 8. The number of nitrogens with zero attached hydrogens (tertiary/aromatic N) is 8. The van der Waals surface area contributed by atoms with Gasteiger partial charge in [-0.2, -0.15) is 19.9 Å². The zero-order chi connectivity index (χ0) is 43.4. The van der Waals surface area contributed by atoms with Gasteiger partial charge in [0.05, 0.1) is 12.7 Å². The van der Waals surface area contributed by atoms with Crippen LogP contribution in [-0.4, -0.2) is 69.1 Å². The molecule has 324 valence electrons. The monoisotopic (exact) mass is 831 g/mol. The number of aryl methyl sites for hydroxylation is 2. The fourth-order valence-corrected chi connectivity index (χ4v) is 8.19. The van der Waals surface area contributed by atoms with Gasteiger partial charge in [-0.15, -0.1) is 0 Å². The summed E-state index contributed by atoms with van der Waals surface area (Å²) in [5.41, 5.74) is 26.9. The molecular formula is C44H62N16O. The Bertz CT molecular complexity index is 2450. The zero-order valence-electron chi connectivity index (χ0n) is 36.5. The van der Waals surface area contributed by atoms with Crippen LogP contribution in [0.15, 0.2) is 49.1 Å². The SMILES string of the molecule is CC(=O)Nc1cc(C)cc(Nc2nc(N[C@H]3CCCC[C@H]3N)nc3c2ncn3C(C)C)c1.Cc1cc(N)cc(Nc2nc(N[C@H]3CCCC[C@H]3N)nc3c2ncn3C(C)C)c1. The van der Waals surface area contributed by atoms with Crippen molar-refractivity contribution in [3.8, 4) is 0 Å². The average Bonchev–Trinajstić information content (AvgIpc) is 3.82. The fourth-order valence-electron chi connectivity index (χ4n) is 8.19. The summed E-state index contributed by atoms with van der Waals surface area (Å²) in [5.74, 6) is 2.27. The number of nitrogens with one attached hydrogen (secondary N) is 5. The van der Waals surface area contributed by atoms with E-state index in [1.165, 1.54) is 19.8 Å². The first-order valence-corrected chi connectivity index (χ1v) is 21.5. The molecule has 2 aromatic carbocycles. The minimum absolute atomic E-state index is 0.0893. The first-order valence-electron chi connectivity index (χ1n) is 21.5. The van der Waals surface area contributed by atoms with Gasteiger partial charge in [0.25, 0.3) is 0 Å². The minimum Gasteiger partial charge on any atom is -0.399 e. The second-order valence-electron chi connectivity index (χ2n) is 17.2. The highest BCUT2D eigenvalue weighted by molar-refractivity contribution is 5.91. The lowest BCUT2D eigenvalue weighted by Crippen LogP contribution is -2.43. The Morgan fingerprint density at radius 1 is 0.639 bits per heavy atom. The van der Waals surface area contributed by atoms with Crippen molar-refractivity contribution in [2.24, 2.45) is 11.5 Å². The maximum atomic E-state index is 11.5. The molecule has 4 aromatic heterocycles. The molecule has 17 heteroatoms. The molecule has 17 nitrogen and oxygen atoms in total. The van der Waals surface area contributed by atoms with Crippen LogP contribution < -0.4 is 43.8 Å². The van der Waals surface area contributed by atoms with Gasteiger partial charge in [0.1, 0.15) is 0 Å². The van der Waals surface area contributed by atoms with Gasteiger partial charge in [-0.3, -0.25) is 4.79 Å². The number of hydrogen-bond donors (Lipinski definition) is 8. The number of rotatable bonds is 11. The Morgan fingerprint density at radius 2 is 1.08 bits per heavy atom. The Balaban J connectivity index is 0.000000185. The van der Waals surface area contributed by atoms with Gasteiger partial charge in [0.15, 0.2) is 34.0 Å². The predicted octanol–water partition coefficient (Wildman–Crippen LogP) is 7.82. The number of nitrogen functional groups attached to an aromatic ring is 1. The van der Waals surface area contributed by atoms with Gasteiger partial charge in [-0.05, 0) is 115 Å². The van der Waals surface area contributed by atoms with Gasteiger partial charge >= 0.3 is 0 Å². The van der Waals surface area contributed by atoms with Gasteiger partial charge in [0.2, 0.25) is 17.8 Å². The van der Waals surface area contributed by atoms with E-state index in [1.807, 2.05) is 61.1 Å². The first kappa shape index (κ1) is 43.0. The third-order valence-electron chi connectivity index (χ3n) is 11.2. The molecule has 2 aliphatic rings. The van der Waals surface area contributed by atoms with E-state index >= 15 is 0 Å². The van der Waals surface area contributed by atoms with E-state index in [9.17, 15) is 4.79 Å². The third-order valence-corrected chi connectivity index (χ3v) is 11.2. The number of anilines is 8. The summed E-state index contributed by atoms with van der Waals surface area (Å²) in [6.07, 6.45) is 12.3. The molecule has 4 heterocycles. The van der Waals surface area contributed by atoms with Crippen molar-refractivity contribution in [1.82, 2.24) is 39.0 Å². The molecule has 0 radical (unpaired) electrons. The summed E-state index contributed by atoms with van der Waals surface area (Å²) < 4.78 is 4.09.